The molecule has 0 fully saturated rings. The molecule has 0 unspecified atom stereocenters. The van der Waals surface area contributed by atoms with Crippen LogP contribution in [0.1, 0.15) is 113 Å². The molecule has 3 aromatic carbocycles. The third-order valence-corrected chi connectivity index (χ3v) is 11.3. The molecule has 0 spiro atoms. The van der Waals surface area contributed by atoms with Gasteiger partial charge in [0, 0.05) is 23.1 Å². The second-order valence-corrected chi connectivity index (χ2v) is 20.6. The van der Waals surface area contributed by atoms with Crippen LogP contribution in [0.5, 0.6) is 5.75 Å². The molecule has 0 saturated heterocycles. The highest BCUT2D eigenvalue weighted by Gasteiger charge is 2.21. The molecule has 0 radical (unpaired) electrons. The minimum absolute atomic E-state index is 0.0136. The van der Waals surface area contributed by atoms with Crippen molar-refractivity contribution in [2.24, 2.45) is 0 Å². The summed E-state index contributed by atoms with van der Waals surface area (Å²) in [5.41, 5.74) is 3.64. The summed E-state index contributed by atoms with van der Waals surface area (Å²) >= 11 is 18.4. The van der Waals surface area contributed by atoms with Gasteiger partial charge in [0.25, 0.3) is 16.7 Å². The fraction of sp³-hybridized carbons (Fsp3) is 0.368. The van der Waals surface area contributed by atoms with Crippen LogP contribution in [-0.4, -0.2) is 62.5 Å². The second kappa shape index (κ2) is 29.0. The molecule has 0 aliphatic heterocycles. The maximum atomic E-state index is 12.4. The predicted molar refractivity (Wildman–Crippen MR) is 293 cm³/mol. The lowest BCUT2D eigenvalue weighted by atomic mass is 10.1. The Bertz CT molecular complexity index is 3160. The fourth-order valence-corrected chi connectivity index (χ4v) is 6.86. The molecule has 0 bridgehead atoms. The van der Waals surface area contributed by atoms with E-state index in [1.165, 1.54) is 26.4 Å². The van der Waals surface area contributed by atoms with Gasteiger partial charge in [-0.1, -0.05) is 119 Å². The average Bonchev–Trinajstić information content (AvgIpc) is 3.36. The van der Waals surface area contributed by atoms with Gasteiger partial charge in [-0.15, -0.1) is 0 Å². The normalized spacial score (nSPS) is 11.3. The van der Waals surface area contributed by atoms with Gasteiger partial charge in [0.15, 0.2) is 10.8 Å². The topological polar surface area (TPSA) is 132 Å². The summed E-state index contributed by atoms with van der Waals surface area (Å²) in [5.74, 6) is 12.0. The van der Waals surface area contributed by atoms with E-state index in [4.69, 9.17) is 49.0 Å². The van der Waals surface area contributed by atoms with Crippen molar-refractivity contribution in [1.29, 1.82) is 0 Å². The predicted octanol–water partition coefficient (Wildman–Crippen LogP) is 11.8. The molecule has 398 valence electrons. The molecule has 0 N–H and O–H groups in total. The summed E-state index contributed by atoms with van der Waals surface area (Å²) in [7, 11) is 0. The lowest BCUT2D eigenvalue weighted by molar-refractivity contribution is 0.106. The van der Waals surface area contributed by atoms with E-state index in [-0.39, 0.29) is 57.3 Å². The first-order chi connectivity index (χ1) is 35.5. The molecule has 6 aromatic rings. The Kier molecular flexibility index (Phi) is 23.6. The van der Waals surface area contributed by atoms with Crippen LogP contribution >= 0.6 is 34.8 Å². The van der Waals surface area contributed by atoms with Gasteiger partial charge in [0.1, 0.15) is 30.1 Å². The van der Waals surface area contributed by atoms with Crippen LogP contribution in [0.2, 0.25) is 15.1 Å². The van der Waals surface area contributed by atoms with Crippen LogP contribution in [0, 0.1) is 23.7 Å². The zero-order chi connectivity index (χ0) is 55.3. The van der Waals surface area contributed by atoms with Gasteiger partial charge < -0.3 is 14.2 Å². The van der Waals surface area contributed by atoms with Gasteiger partial charge in [-0.2, -0.15) is 15.3 Å². The first kappa shape index (κ1) is 61.1. The monoisotopic (exact) mass is 1090 g/mol. The lowest BCUT2D eigenvalue weighted by Crippen LogP contribution is -2.36. The largest absolute Gasteiger partial charge is 0.489 e. The number of aromatic nitrogens is 6. The highest BCUT2D eigenvalue weighted by molar-refractivity contribution is 6.32. The first-order valence-electron chi connectivity index (χ1n) is 23.7. The van der Waals surface area contributed by atoms with E-state index >= 15 is 0 Å². The van der Waals surface area contributed by atoms with Gasteiger partial charge in [-0.3, -0.25) is 14.4 Å². The van der Waals surface area contributed by atoms with E-state index in [1.54, 1.807) is 36.5 Å². The van der Waals surface area contributed by atoms with Crippen molar-refractivity contribution >= 4 is 47.0 Å². The Labute approximate surface area is 451 Å². The number of nitrogens with zero attached hydrogens (tertiary/aromatic N) is 6. The summed E-state index contributed by atoms with van der Waals surface area (Å²) in [6.07, 6.45) is 8.61. The van der Waals surface area contributed by atoms with E-state index in [2.05, 4.69) is 39.0 Å². The Balaban J connectivity index is 0.000000243. The molecule has 3 aromatic heterocycles. The summed E-state index contributed by atoms with van der Waals surface area (Å²) < 4.78 is 56.2. The van der Waals surface area contributed by atoms with Crippen LogP contribution < -0.4 is 21.4 Å². The number of hydrogen-bond donors (Lipinski definition) is 0. The van der Waals surface area contributed by atoms with E-state index in [1.807, 2.05) is 117 Å². The zero-order valence-electron chi connectivity index (χ0n) is 43.6. The maximum absolute atomic E-state index is 12.4. The van der Waals surface area contributed by atoms with Gasteiger partial charge >= 0.3 is 0 Å². The van der Waals surface area contributed by atoms with Crippen molar-refractivity contribution in [3.63, 3.8) is 0 Å². The summed E-state index contributed by atoms with van der Waals surface area (Å²) in [5, 5.41) is 12.7. The molecule has 0 saturated carbocycles. The van der Waals surface area contributed by atoms with Crippen molar-refractivity contribution in [2.45, 2.75) is 105 Å². The SMILES string of the molecule is CC(C)(C)n1ncc(/C=C/c2ccc(COCCF)cc2)c(Cl)c1=O.CC(C)(C)n1ncc(C#Cc2ccc(COCCF)cc2)c(Cl)c1=O.CC(C)(C)n1ncc(OCCC#Cc2ccc(CF)cc2)c(Cl)c1=O. The lowest BCUT2D eigenvalue weighted by Gasteiger charge is -2.21. The molecular formula is C57H62Cl3F3N6O6. The number of alkyl halides is 3. The number of benzene rings is 3. The maximum Gasteiger partial charge on any atom is 0.289 e. The molecule has 6 rings (SSSR count). The van der Waals surface area contributed by atoms with Crippen LogP contribution in [0.3, 0.4) is 0 Å². The molecule has 3 heterocycles. The molecule has 75 heavy (non-hydrogen) atoms. The smallest absolute Gasteiger partial charge is 0.289 e. The Morgan fingerprint density at radius 2 is 0.987 bits per heavy atom. The van der Waals surface area contributed by atoms with E-state index in [9.17, 15) is 27.6 Å². The first-order valence-corrected chi connectivity index (χ1v) is 24.9. The Morgan fingerprint density at radius 1 is 0.533 bits per heavy atom. The van der Waals surface area contributed by atoms with Crippen molar-refractivity contribution in [3.05, 3.63) is 182 Å². The highest BCUT2D eigenvalue weighted by atomic mass is 35.5. The average molecular weight is 1090 g/mol. The third-order valence-electron chi connectivity index (χ3n) is 10.2. The van der Waals surface area contributed by atoms with E-state index in [0.717, 1.165) is 27.8 Å². The molecule has 12 nitrogen and oxygen atoms in total. The van der Waals surface area contributed by atoms with Crippen molar-refractivity contribution in [1.82, 2.24) is 29.3 Å². The Hall–Kier alpha value is -6.46. The molecule has 0 aliphatic carbocycles. The van der Waals surface area contributed by atoms with Gasteiger partial charge in [0.2, 0.25) is 0 Å². The van der Waals surface area contributed by atoms with Crippen molar-refractivity contribution in [3.8, 4) is 29.4 Å². The molecule has 0 amide bonds. The fourth-order valence-electron chi connectivity index (χ4n) is 6.31. The molecule has 0 aliphatic rings. The standard InChI is InChI=1S/C19H22ClFN2O2.2C19H20ClFN2O2/c2*1-19(2,3)23-18(24)17(20)16(12-22-23)9-8-14-4-6-15(7-5-14)13-25-11-10-21;1-19(2,3)23-18(24)17(20)16(13-22-23)25-11-5-4-6-14-7-9-15(12-21)10-8-14/h4-9,12H,10-11,13H2,1-3H3;4-7,12H,10-11,13H2,1-3H3;7-10,13H,5,11-12H2,1-3H3/b9-8+;;. The molecule has 18 heteroatoms. The second-order valence-electron chi connectivity index (χ2n) is 19.5. The minimum atomic E-state index is -0.494. The van der Waals surface area contributed by atoms with Crippen molar-refractivity contribution in [2.75, 3.05) is 33.2 Å². The Morgan fingerprint density at radius 3 is 1.49 bits per heavy atom. The number of halogens is 6. The van der Waals surface area contributed by atoms with Crippen LogP contribution in [0.25, 0.3) is 12.2 Å². The zero-order valence-corrected chi connectivity index (χ0v) is 45.8. The van der Waals surface area contributed by atoms with Gasteiger partial charge in [-0.05, 0) is 109 Å². The number of hydrogen-bond acceptors (Lipinski definition) is 9. The third kappa shape index (κ3) is 19.3. The van der Waals surface area contributed by atoms with Gasteiger partial charge in [-0.25, -0.2) is 27.2 Å². The van der Waals surface area contributed by atoms with E-state index < -0.39 is 36.6 Å². The van der Waals surface area contributed by atoms with Crippen LogP contribution in [-0.2, 0) is 46.0 Å². The summed E-state index contributed by atoms with van der Waals surface area (Å²) in [6, 6.07) is 22.0. The van der Waals surface area contributed by atoms with Gasteiger partial charge in [0.05, 0.1) is 73.8 Å². The van der Waals surface area contributed by atoms with Crippen molar-refractivity contribution < 1.29 is 27.4 Å². The highest BCUT2D eigenvalue weighted by Crippen LogP contribution is 2.22. The molecule has 0 atom stereocenters. The summed E-state index contributed by atoms with van der Waals surface area (Å²) in [6.45, 7) is 16.7. The van der Waals surface area contributed by atoms with Crippen LogP contribution in [0.15, 0.2) is 106 Å². The summed E-state index contributed by atoms with van der Waals surface area (Å²) in [4.78, 5) is 36.8. The van der Waals surface area contributed by atoms with E-state index in [0.29, 0.717) is 36.3 Å². The quantitative estimate of drug-likeness (QED) is 0.0772. The number of rotatable bonds is 14. The minimum Gasteiger partial charge on any atom is -0.489 e. The van der Waals surface area contributed by atoms with Crippen LogP contribution in [0.4, 0.5) is 13.2 Å². The molecular weight excluding hydrogens is 1030 g/mol. The number of ether oxygens (including phenoxy) is 3.